The van der Waals surface area contributed by atoms with Crippen LogP contribution >= 0.6 is 11.8 Å². The van der Waals surface area contributed by atoms with Gasteiger partial charge < -0.3 is 9.47 Å². The molecule has 1 fully saturated rings. The Labute approximate surface area is 123 Å². The first-order valence-corrected chi connectivity index (χ1v) is 9.11. The van der Waals surface area contributed by atoms with Crippen molar-refractivity contribution in [1.82, 2.24) is 14.5 Å². The van der Waals surface area contributed by atoms with Crippen LogP contribution in [0.5, 0.6) is 0 Å². The molecular formula is C12H19N3O3S2. The zero-order valence-corrected chi connectivity index (χ0v) is 13.4. The van der Waals surface area contributed by atoms with E-state index in [1.165, 1.54) is 11.8 Å². The molecule has 1 aliphatic rings. The number of sulfone groups is 1. The number of amides is 1. The summed E-state index contributed by atoms with van der Waals surface area (Å²) in [6.45, 7) is 1.82. The molecule has 1 aliphatic heterocycles. The van der Waals surface area contributed by atoms with Crippen molar-refractivity contribution in [3.8, 4) is 0 Å². The summed E-state index contributed by atoms with van der Waals surface area (Å²) in [7, 11) is 0.585. The van der Waals surface area contributed by atoms with Gasteiger partial charge in [-0.3, -0.25) is 4.79 Å². The van der Waals surface area contributed by atoms with Crippen molar-refractivity contribution in [2.75, 3.05) is 18.6 Å². The summed E-state index contributed by atoms with van der Waals surface area (Å²) >= 11 is 1.38. The van der Waals surface area contributed by atoms with Gasteiger partial charge in [-0.05, 0) is 13.3 Å². The zero-order chi connectivity index (χ0) is 14.9. The highest BCUT2D eigenvalue weighted by Crippen LogP contribution is 2.24. The van der Waals surface area contributed by atoms with E-state index in [0.717, 1.165) is 5.16 Å². The second-order valence-corrected chi connectivity index (χ2v) is 8.62. The van der Waals surface area contributed by atoms with Crippen molar-refractivity contribution < 1.29 is 13.2 Å². The maximum Gasteiger partial charge on any atom is 0.235 e. The van der Waals surface area contributed by atoms with Crippen LogP contribution in [-0.2, 0) is 21.7 Å². The van der Waals surface area contributed by atoms with Gasteiger partial charge in [-0.2, -0.15) is 0 Å². The molecule has 0 spiro atoms. The molecular weight excluding hydrogens is 298 g/mol. The quantitative estimate of drug-likeness (QED) is 0.758. The fourth-order valence-corrected chi connectivity index (χ4v) is 4.93. The van der Waals surface area contributed by atoms with Crippen molar-refractivity contribution >= 4 is 27.5 Å². The van der Waals surface area contributed by atoms with Gasteiger partial charge in [-0.1, -0.05) is 11.8 Å². The molecule has 0 N–H and O–H groups in total. The number of carbonyl (C=O) groups is 1. The summed E-state index contributed by atoms with van der Waals surface area (Å²) in [4.78, 5) is 18.1. The minimum Gasteiger partial charge on any atom is -0.341 e. The van der Waals surface area contributed by atoms with Crippen LogP contribution in [0.3, 0.4) is 0 Å². The largest absolute Gasteiger partial charge is 0.341 e. The average molecular weight is 317 g/mol. The lowest BCUT2D eigenvalue weighted by Crippen LogP contribution is -2.41. The van der Waals surface area contributed by atoms with Gasteiger partial charge in [-0.25, -0.2) is 13.4 Å². The Balaban J connectivity index is 1.98. The van der Waals surface area contributed by atoms with Crippen molar-refractivity contribution in [3.05, 3.63) is 12.4 Å². The smallest absolute Gasteiger partial charge is 0.235 e. The molecule has 2 rings (SSSR count). The number of aromatic nitrogens is 2. The average Bonchev–Trinajstić information content (AvgIpc) is 2.94. The molecule has 0 aliphatic carbocycles. The number of hydrogen-bond donors (Lipinski definition) is 0. The number of imidazole rings is 1. The standard InChI is InChI=1S/C12H19N3O3S2/c1-9(19-12-13-5-6-14(12)2)11(16)15(3)10-4-7-20(17,18)8-10/h5-6,9-10H,4,7-8H2,1-3H3/t9-,10+/m0/s1. The van der Waals surface area contributed by atoms with Gasteiger partial charge in [0.05, 0.1) is 16.8 Å². The second kappa shape index (κ2) is 5.77. The van der Waals surface area contributed by atoms with Gasteiger partial charge in [0.2, 0.25) is 5.91 Å². The Kier molecular flexibility index (Phi) is 4.43. The van der Waals surface area contributed by atoms with E-state index >= 15 is 0 Å². The van der Waals surface area contributed by atoms with Gasteiger partial charge in [0.15, 0.2) is 15.0 Å². The normalized spacial score (nSPS) is 22.6. The Bertz CT molecular complexity index is 597. The number of carbonyl (C=O) groups excluding carboxylic acids is 1. The minimum atomic E-state index is -2.97. The molecule has 0 saturated carbocycles. The lowest BCUT2D eigenvalue weighted by molar-refractivity contribution is -0.130. The summed E-state index contributed by atoms with van der Waals surface area (Å²) < 4.78 is 24.8. The molecule has 0 bridgehead atoms. The third-order valence-electron chi connectivity index (χ3n) is 3.51. The van der Waals surface area contributed by atoms with Crippen LogP contribution in [0.4, 0.5) is 0 Å². The van der Waals surface area contributed by atoms with Gasteiger partial charge in [0.1, 0.15) is 0 Å². The molecule has 112 valence electrons. The Morgan fingerprint density at radius 2 is 2.30 bits per heavy atom. The summed E-state index contributed by atoms with van der Waals surface area (Å²) in [5, 5.41) is 0.489. The van der Waals surface area contributed by atoms with Crippen LogP contribution in [-0.4, -0.2) is 58.6 Å². The molecule has 6 nitrogen and oxygen atoms in total. The predicted octanol–water partition coefficient (Wildman–Crippen LogP) is 0.546. The van der Waals surface area contributed by atoms with Crippen LogP contribution in [0, 0.1) is 0 Å². The molecule has 0 unspecified atom stereocenters. The van der Waals surface area contributed by atoms with E-state index in [4.69, 9.17) is 0 Å². The number of hydrogen-bond acceptors (Lipinski definition) is 5. The van der Waals surface area contributed by atoms with E-state index in [0.29, 0.717) is 6.42 Å². The van der Waals surface area contributed by atoms with Crippen molar-refractivity contribution in [2.45, 2.75) is 29.8 Å². The fourth-order valence-electron chi connectivity index (χ4n) is 2.22. The van der Waals surface area contributed by atoms with Gasteiger partial charge in [-0.15, -0.1) is 0 Å². The topological polar surface area (TPSA) is 72.3 Å². The number of nitrogens with zero attached hydrogens (tertiary/aromatic N) is 3. The zero-order valence-electron chi connectivity index (χ0n) is 11.8. The van der Waals surface area contributed by atoms with Gasteiger partial charge >= 0.3 is 0 Å². The van der Waals surface area contributed by atoms with E-state index in [1.807, 2.05) is 24.7 Å². The maximum absolute atomic E-state index is 12.4. The summed E-state index contributed by atoms with van der Waals surface area (Å²) in [5.74, 6) is 0.200. The summed E-state index contributed by atoms with van der Waals surface area (Å²) in [5.41, 5.74) is 0. The first kappa shape index (κ1) is 15.4. The number of aryl methyl sites for hydroxylation is 1. The molecule has 2 heterocycles. The number of thioether (sulfide) groups is 1. The Morgan fingerprint density at radius 1 is 1.60 bits per heavy atom. The van der Waals surface area contributed by atoms with Crippen LogP contribution in [0.25, 0.3) is 0 Å². The van der Waals surface area contributed by atoms with Crippen molar-refractivity contribution in [3.63, 3.8) is 0 Å². The maximum atomic E-state index is 12.4. The van der Waals surface area contributed by atoms with Crippen LogP contribution < -0.4 is 0 Å². The molecule has 1 aromatic rings. The Hall–Kier alpha value is -1.02. The molecule has 0 aromatic carbocycles. The highest BCUT2D eigenvalue weighted by atomic mass is 32.2. The highest BCUT2D eigenvalue weighted by molar-refractivity contribution is 8.00. The molecule has 8 heteroatoms. The SMILES string of the molecule is C[C@H](Sc1nccn1C)C(=O)N(C)[C@@H]1CCS(=O)(=O)C1. The van der Waals surface area contributed by atoms with Crippen molar-refractivity contribution in [2.24, 2.45) is 7.05 Å². The molecule has 0 radical (unpaired) electrons. The fraction of sp³-hybridized carbons (Fsp3) is 0.667. The molecule has 1 amide bonds. The number of rotatable bonds is 4. The van der Waals surface area contributed by atoms with Gasteiger partial charge in [0, 0.05) is 32.5 Å². The van der Waals surface area contributed by atoms with Crippen molar-refractivity contribution in [1.29, 1.82) is 0 Å². The van der Waals surface area contributed by atoms with Crippen LogP contribution in [0.2, 0.25) is 0 Å². The van der Waals surface area contributed by atoms with E-state index < -0.39 is 9.84 Å². The predicted molar refractivity (Wildman–Crippen MR) is 78.4 cm³/mol. The van der Waals surface area contributed by atoms with E-state index in [1.54, 1.807) is 18.1 Å². The van der Waals surface area contributed by atoms with E-state index in [2.05, 4.69) is 4.98 Å². The molecule has 1 aromatic heterocycles. The van der Waals surface area contributed by atoms with Crippen LogP contribution in [0.15, 0.2) is 17.6 Å². The highest BCUT2D eigenvalue weighted by Gasteiger charge is 2.34. The molecule has 1 saturated heterocycles. The molecule has 2 atom stereocenters. The van der Waals surface area contributed by atoms with E-state index in [-0.39, 0.29) is 28.7 Å². The first-order chi connectivity index (χ1) is 9.30. The summed E-state index contributed by atoms with van der Waals surface area (Å²) in [6, 6.07) is -0.197. The lowest BCUT2D eigenvalue weighted by atomic mass is 10.2. The van der Waals surface area contributed by atoms with Crippen LogP contribution in [0.1, 0.15) is 13.3 Å². The van der Waals surface area contributed by atoms with E-state index in [9.17, 15) is 13.2 Å². The minimum absolute atomic E-state index is 0.0555. The first-order valence-electron chi connectivity index (χ1n) is 6.41. The third-order valence-corrected chi connectivity index (χ3v) is 6.42. The summed E-state index contributed by atoms with van der Waals surface area (Å²) in [6.07, 6.45) is 4.05. The Morgan fingerprint density at radius 3 is 2.80 bits per heavy atom. The monoisotopic (exact) mass is 317 g/mol. The van der Waals surface area contributed by atoms with Gasteiger partial charge in [0.25, 0.3) is 0 Å². The second-order valence-electron chi connectivity index (χ2n) is 5.09. The molecule has 20 heavy (non-hydrogen) atoms. The lowest BCUT2D eigenvalue weighted by Gasteiger charge is -2.26. The third kappa shape index (κ3) is 3.35.